The Morgan fingerprint density at radius 1 is 1.06 bits per heavy atom. The highest BCUT2D eigenvalue weighted by atomic mass is 127. The van der Waals surface area contributed by atoms with E-state index in [1.807, 2.05) is 12.1 Å². The summed E-state index contributed by atoms with van der Waals surface area (Å²) in [5.74, 6) is -0.547. The molecular formula is C13H10FIN2O. The Morgan fingerprint density at radius 3 is 2.39 bits per heavy atom. The molecule has 2 N–H and O–H groups in total. The lowest BCUT2D eigenvalue weighted by atomic mass is 10.2. The van der Waals surface area contributed by atoms with E-state index in [-0.39, 0.29) is 11.7 Å². The normalized spacial score (nSPS) is 9.89. The number of anilines is 1. The van der Waals surface area contributed by atoms with Crippen LogP contribution in [0.5, 0.6) is 0 Å². The van der Waals surface area contributed by atoms with Crippen LogP contribution >= 0.6 is 22.6 Å². The summed E-state index contributed by atoms with van der Waals surface area (Å²) < 4.78 is 13.6. The molecule has 3 nitrogen and oxygen atoms in total. The van der Waals surface area contributed by atoms with E-state index in [4.69, 9.17) is 0 Å². The number of carbonyl (C=O) groups excluding carboxylic acids is 1. The second kappa shape index (κ2) is 5.81. The first-order valence-corrected chi connectivity index (χ1v) is 6.31. The second-order valence-corrected chi connectivity index (χ2v) is 4.73. The summed E-state index contributed by atoms with van der Waals surface area (Å²) >= 11 is 2.10. The zero-order chi connectivity index (χ0) is 13.0. The molecule has 18 heavy (non-hydrogen) atoms. The van der Waals surface area contributed by atoms with Crippen LogP contribution in [0.1, 0.15) is 10.4 Å². The predicted molar refractivity (Wildman–Crippen MR) is 76.6 cm³/mol. The summed E-state index contributed by atoms with van der Waals surface area (Å²) in [6.07, 6.45) is 0. The van der Waals surface area contributed by atoms with Crippen molar-refractivity contribution in [2.45, 2.75) is 0 Å². The number of hydrazine groups is 1. The van der Waals surface area contributed by atoms with E-state index >= 15 is 0 Å². The van der Waals surface area contributed by atoms with Gasteiger partial charge < -0.3 is 0 Å². The van der Waals surface area contributed by atoms with Crippen molar-refractivity contribution in [2.75, 3.05) is 5.43 Å². The van der Waals surface area contributed by atoms with Crippen LogP contribution in [-0.4, -0.2) is 5.91 Å². The van der Waals surface area contributed by atoms with Gasteiger partial charge in [-0.3, -0.25) is 15.6 Å². The van der Waals surface area contributed by atoms with Gasteiger partial charge in [-0.05, 0) is 59.0 Å². The van der Waals surface area contributed by atoms with Crippen LogP contribution in [0.3, 0.4) is 0 Å². The van der Waals surface area contributed by atoms with Crippen molar-refractivity contribution in [3.05, 3.63) is 63.5 Å². The van der Waals surface area contributed by atoms with Gasteiger partial charge in [-0.2, -0.15) is 0 Å². The summed E-state index contributed by atoms with van der Waals surface area (Å²) in [5, 5.41) is 0. The maximum absolute atomic E-state index is 12.7. The Kier molecular flexibility index (Phi) is 4.14. The number of rotatable bonds is 3. The molecule has 2 aromatic rings. The molecule has 5 heteroatoms. The lowest BCUT2D eigenvalue weighted by Crippen LogP contribution is -2.29. The first kappa shape index (κ1) is 12.8. The minimum absolute atomic E-state index is 0.232. The van der Waals surface area contributed by atoms with Gasteiger partial charge in [0.25, 0.3) is 5.91 Å². The maximum atomic E-state index is 12.7. The quantitative estimate of drug-likeness (QED) is 0.655. The molecule has 2 rings (SSSR count). The highest BCUT2D eigenvalue weighted by molar-refractivity contribution is 14.1. The summed E-state index contributed by atoms with van der Waals surface area (Å²) in [4.78, 5) is 11.9. The maximum Gasteiger partial charge on any atom is 0.270 e. The molecule has 0 saturated heterocycles. The number of halogens is 2. The largest absolute Gasteiger partial charge is 0.298 e. The number of benzene rings is 2. The molecule has 2 aromatic carbocycles. The molecular weight excluding hydrogens is 346 g/mol. The van der Waals surface area contributed by atoms with E-state index in [0.717, 1.165) is 3.57 Å². The molecule has 0 atom stereocenters. The van der Waals surface area contributed by atoms with Gasteiger partial charge in [-0.1, -0.05) is 12.1 Å². The van der Waals surface area contributed by atoms with Crippen molar-refractivity contribution >= 4 is 34.2 Å². The minimum Gasteiger partial charge on any atom is -0.298 e. The van der Waals surface area contributed by atoms with Crippen LogP contribution < -0.4 is 10.9 Å². The van der Waals surface area contributed by atoms with Crippen molar-refractivity contribution < 1.29 is 9.18 Å². The summed E-state index contributed by atoms with van der Waals surface area (Å²) in [6, 6.07) is 13.0. The van der Waals surface area contributed by atoms with Crippen molar-refractivity contribution in [1.29, 1.82) is 0 Å². The van der Waals surface area contributed by atoms with Crippen LogP contribution in [0.4, 0.5) is 10.1 Å². The molecule has 0 unspecified atom stereocenters. The third kappa shape index (κ3) is 3.19. The van der Waals surface area contributed by atoms with E-state index in [1.165, 1.54) is 12.1 Å². The first-order valence-electron chi connectivity index (χ1n) is 5.23. The van der Waals surface area contributed by atoms with Gasteiger partial charge >= 0.3 is 0 Å². The Labute approximate surface area is 118 Å². The van der Waals surface area contributed by atoms with Gasteiger partial charge in [-0.15, -0.1) is 0 Å². The molecule has 0 aromatic heterocycles. The standard InChI is InChI=1S/C13H10FIN2O/c14-9-5-7-10(8-6-9)16-17-13(18)11-3-1-2-4-12(11)15/h1-8,16H,(H,17,18). The van der Waals surface area contributed by atoms with Crippen molar-refractivity contribution in [2.24, 2.45) is 0 Å². The fourth-order valence-corrected chi connectivity index (χ4v) is 2.01. The highest BCUT2D eigenvalue weighted by Gasteiger charge is 2.08. The summed E-state index contributed by atoms with van der Waals surface area (Å²) in [6.45, 7) is 0. The topological polar surface area (TPSA) is 41.1 Å². The summed E-state index contributed by atoms with van der Waals surface area (Å²) in [7, 11) is 0. The van der Waals surface area contributed by atoms with E-state index in [2.05, 4.69) is 33.4 Å². The lowest BCUT2D eigenvalue weighted by molar-refractivity contribution is 0.0962. The molecule has 0 fully saturated rings. The average molecular weight is 356 g/mol. The van der Waals surface area contributed by atoms with Crippen LogP contribution in [0, 0.1) is 9.39 Å². The van der Waals surface area contributed by atoms with Gasteiger partial charge in [0, 0.05) is 3.57 Å². The van der Waals surface area contributed by atoms with E-state index < -0.39 is 0 Å². The van der Waals surface area contributed by atoms with Crippen LogP contribution in [0.2, 0.25) is 0 Å². The summed E-state index contributed by atoms with van der Waals surface area (Å²) in [5.41, 5.74) is 6.50. The van der Waals surface area contributed by atoms with Gasteiger partial charge in [0.1, 0.15) is 5.82 Å². The number of amides is 1. The molecule has 0 spiro atoms. The molecule has 92 valence electrons. The van der Waals surface area contributed by atoms with Gasteiger partial charge in [0.2, 0.25) is 0 Å². The lowest BCUT2D eigenvalue weighted by Gasteiger charge is -2.09. The third-order valence-electron chi connectivity index (χ3n) is 2.28. The molecule has 0 heterocycles. The van der Waals surface area contributed by atoms with Crippen molar-refractivity contribution in [1.82, 2.24) is 5.43 Å². The molecule has 0 saturated carbocycles. The van der Waals surface area contributed by atoms with Crippen LogP contribution in [0.15, 0.2) is 48.5 Å². The van der Waals surface area contributed by atoms with Gasteiger partial charge in [-0.25, -0.2) is 4.39 Å². The smallest absolute Gasteiger partial charge is 0.270 e. The number of nitrogens with one attached hydrogen (secondary N) is 2. The molecule has 0 radical (unpaired) electrons. The van der Waals surface area contributed by atoms with Crippen LogP contribution in [-0.2, 0) is 0 Å². The zero-order valence-electron chi connectivity index (χ0n) is 9.28. The fourth-order valence-electron chi connectivity index (χ4n) is 1.37. The first-order chi connectivity index (χ1) is 8.66. The number of carbonyl (C=O) groups is 1. The molecule has 0 aliphatic carbocycles. The highest BCUT2D eigenvalue weighted by Crippen LogP contribution is 2.11. The Balaban J connectivity index is 2.01. The van der Waals surface area contributed by atoms with Crippen LogP contribution in [0.25, 0.3) is 0 Å². The number of hydrogen-bond donors (Lipinski definition) is 2. The van der Waals surface area contributed by atoms with Gasteiger partial charge in [0.15, 0.2) is 0 Å². The fraction of sp³-hybridized carbons (Fsp3) is 0. The van der Waals surface area contributed by atoms with Crippen molar-refractivity contribution in [3.8, 4) is 0 Å². The molecule has 0 bridgehead atoms. The van der Waals surface area contributed by atoms with E-state index in [1.54, 1.807) is 24.3 Å². The SMILES string of the molecule is O=C(NNc1ccc(F)cc1)c1ccccc1I. The molecule has 0 aliphatic heterocycles. The predicted octanol–water partition coefficient (Wildman–Crippen LogP) is 3.19. The third-order valence-corrected chi connectivity index (χ3v) is 3.22. The van der Waals surface area contributed by atoms with E-state index in [9.17, 15) is 9.18 Å². The van der Waals surface area contributed by atoms with Gasteiger partial charge in [0.05, 0.1) is 11.3 Å². The zero-order valence-corrected chi connectivity index (χ0v) is 11.4. The minimum atomic E-state index is -0.315. The van der Waals surface area contributed by atoms with Crippen molar-refractivity contribution in [3.63, 3.8) is 0 Å². The Hall–Kier alpha value is -1.63. The molecule has 1 amide bonds. The number of hydrogen-bond acceptors (Lipinski definition) is 2. The second-order valence-electron chi connectivity index (χ2n) is 3.57. The molecule has 0 aliphatic rings. The Bertz CT molecular complexity index is 557. The average Bonchev–Trinajstić information content (AvgIpc) is 2.38. The monoisotopic (exact) mass is 356 g/mol. The van der Waals surface area contributed by atoms with E-state index in [0.29, 0.717) is 11.3 Å². The Morgan fingerprint density at radius 2 is 1.72 bits per heavy atom.